The number of benzene rings is 2. The molecule has 1 saturated heterocycles. The molecule has 0 aliphatic carbocycles. The number of likely N-dealkylation sites (tertiary alicyclic amines) is 1. The van der Waals surface area contributed by atoms with Crippen LogP contribution in [0.3, 0.4) is 0 Å². The number of carbonyl (C=O) groups is 2. The Morgan fingerprint density at radius 3 is 2.11 bits per heavy atom. The lowest BCUT2D eigenvalue weighted by atomic mass is 9.85. The molecule has 2 amide bonds. The number of hydrogen-bond acceptors (Lipinski definition) is 2. The number of rotatable bonds is 4. The summed E-state index contributed by atoms with van der Waals surface area (Å²) >= 11 is 0. The molecule has 1 fully saturated rings. The van der Waals surface area contributed by atoms with Gasteiger partial charge in [0, 0.05) is 37.7 Å². The second-order valence-corrected chi connectivity index (χ2v) is 7.36. The quantitative estimate of drug-likeness (QED) is 0.843. The van der Waals surface area contributed by atoms with Crippen LogP contribution in [0.4, 0.5) is 14.5 Å². The molecular weight excluding hydrogens is 362 g/mol. The molecular formula is C22H24F2N2O2. The van der Waals surface area contributed by atoms with Gasteiger partial charge >= 0.3 is 0 Å². The number of hydrogen-bond donors (Lipinski definition) is 1. The molecule has 0 bridgehead atoms. The minimum atomic E-state index is -0.628. The van der Waals surface area contributed by atoms with Crippen molar-refractivity contribution < 1.29 is 18.4 Å². The molecule has 2 aromatic carbocycles. The van der Waals surface area contributed by atoms with E-state index < -0.39 is 11.6 Å². The molecule has 1 atom stereocenters. The highest BCUT2D eigenvalue weighted by Crippen LogP contribution is 2.27. The molecule has 1 heterocycles. The Hall–Kier alpha value is -2.76. The van der Waals surface area contributed by atoms with E-state index in [0.29, 0.717) is 29.9 Å². The average Bonchev–Trinajstić information content (AvgIpc) is 2.67. The van der Waals surface area contributed by atoms with Crippen molar-refractivity contribution in [3.63, 3.8) is 0 Å². The van der Waals surface area contributed by atoms with E-state index in [1.54, 1.807) is 31.2 Å². The van der Waals surface area contributed by atoms with E-state index >= 15 is 0 Å². The lowest BCUT2D eigenvalue weighted by molar-refractivity contribution is -0.130. The largest absolute Gasteiger partial charge is 0.343 e. The minimum absolute atomic E-state index is 0.0641. The van der Waals surface area contributed by atoms with Crippen LogP contribution in [0.25, 0.3) is 11.1 Å². The normalized spacial score (nSPS) is 15.9. The summed E-state index contributed by atoms with van der Waals surface area (Å²) < 4.78 is 26.8. The number of nitrogens with zero attached hydrogens (tertiary/aromatic N) is 1. The summed E-state index contributed by atoms with van der Waals surface area (Å²) in [5, 5.41) is 2.91. The molecule has 148 valence electrons. The van der Waals surface area contributed by atoms with Crippen molar-refractivity contribution in [2.75, 3.05) is 18.4 Å². The van der Waals surface area contributed by atoms with Gasteiger partial charge in [-0.3, -0.25) is 9.59 Å². The van der Waals surface area contributed by atoms with Gasteiger partial charge in [-0.2, -0.15) is 0 Å². The molecule has 3 rings (SSSR count). The summed E-state index contributed by atoms with van der Waals surface area (Å²) in [5.74, 6) is -1.16. The Morgan fingerprint density at radius 2 is 1.57 bits per heavy atom. The van der Waals surface area contributed by atoms with E-state index in [0.717, 1.165) is 18.9 Å². The standard InChI is InChI=1S/C22H24F2N2O2/c1-14(16-7-9-26(10-8-16)15(2)27)22(28)25-21-5-3-17(4-6-21)18-11-19(23)13-20(24)12-18/h3-6,11-14,16H,7-10H2,1-2H3,(H,25,28). The van der Waals surface area contributed by atoms with Gasteiger partial charge in [0.05, 0.1) is 0 Å². The van der Waals surface area contributed by atoms with Gasteiger partial charge in [-0.05, 0) is 54.2 Å². The maximum Gasteiger partial charge on any atom is 0.227 e. The van der Waals surface area contributed by atoms with Gasteiger partial charge in [0.2, 0.25) is 11.8 Å². The number of amides is 2. The SMILES string of the molecule is CC(=O)N1CCC(C(C)C(=O)Nc2ccc(-c3cc(F)cc(F)c3)cc2)CC1. The first-order valence-corrected chi connectivity index (χ1v) is 9.46. The smallest absolute Gasteiger partial charge is 0.227 e. The summed E-state index contributed by atoms with van der Waals surface area (Å²) in [6.45, 7) is 4.86. The fourth-order valence-corrected chi connectivity index (χ4v) is 3.65. The van der Waals surface area contributed by atoms with Crippen molar-refractivity contribution >= 4 is 17.5 Å². The van der Waals surface area contributed by atoms with Crippen LogP contribution in [0.2, 0.25) is 0 Å². The Kier molecular flexibility index (Phi) is 6.07. The summed E-state index contributed by atoms with van der Waals surface area (Å²) in [6.07, 6.45) is 1.64. The summed E-state index contributed by atoms with van der Waals surface area (Å²) in [6, 6.07) is 10.3. The molecule has 1 N–H and O–H groups in total. The Labute approximate surface area is 163 Å². The predicted molar refractivity (Wildman–Crippen MR) is 105 cm³/mol. The third kappa shape index (κ3) is 4.74. The summed E-state index contributed by atoms with van der Waals surface area (Å²) in [7, 11) is 0. The van der Waals surface area contributed by atoms with Gasteiger partial charge in [0.15, 0.2) is 0 Å². The highest BCUT2D eigenvalue weighted by atomic mass is 19.1. The van der Waals surface area contributed by atoms with Gasteiger partial charge in [-0.1, -0.05) is 19.1 Å². The zero-order chi connectivity index (χ0) is 20.3. The Bertz CT molecular complexity index is 839. The highest BCUT2D eigenvalue weighted by Gasteiger charge is 2.28. The molecule has 4 nitrogen and oxygen atoms in total. The third-order valence-corrected chi connectivity index (χ3v) is 5.45. The first kappa shape index (κ1) is 20.0. The summed E-state index contributed by atoms with van der Waals surface area (Å²) in [5.41, 5.74) is 1.75. The van der Waals surface area contributed by atoms with Gasteiger partial charge in [-0.15, -0.1) is 0 Å². The molecule has 0 aromatic heterocycles. The van der Waals surface area contributed by atoms with Crippen LogP contribution in [0.15, 0.2) is 42.5 Å². The second-order valence-electron chi connectivity index (χ2n) is 7.36. The fourth-order valence-electron chi connectivity index (χ4n) is 3.65. The lowest BCUT2D eigenvalue weighted by Crippen LogP contribution is -2.40. The first-order valence-electron chi connectivity index (χ1n) is 9.46. The fraction of sp³-hybridized carbons (Fsp3) is 0.364. The van der Waals surface area contributed by atoms with Crippen molar-refractivity contribution in [3.8, 4) is 11.1 Å². The number of anilines is 1. The van der Waals surface area contributed by atoms with Crippen LogP contribution in [-0.4, -0.2) is 29.8 Å². The van der Waals surface area contributed by atoms with E-state index in [1.807, 2.05) is 11.8 Å². The maximum atomic E-state index is 13.4. The molecule has 2 aromatic rings. The van der Waals surface area contributed by atoms with Gasteiger partial charge in [-0.25, -0.2) is 8.78 Å². The van der Waals surface area contributed by atoms with Crippen LogP contribution in [0, 0.1) is 23.5 Å². The van der Waals surface area contributed by atoms with Crippen molar-refractivity contribution in [3.05, 3.63) is 54.1 Å². The van der Waals surface area contributed by atoms with Crippen LogP contribution < -0.4 is 5.32 Å². The van der Waals surface area contributed by atoms with Crippen molar-refractivity contribution in [2.45, 2.75) is 26.7 Å². The first-order chi connectivity index (χ1) is 13.3. The van der Waals surface area contributed by atoms with Gasteiger partial charge in [0.25, 0.3) is 0 Å². The van der Waals surface area contributed by atoms with E-state index in [1.165, 1.54) is 12.1 Å². The third-order valence-electron chi connectivity index (χ3n) is 5.45. The van der Waals surface area contributed by atoms with Crippen molar-refractivity contribution in [2.24, 2.45) is 11.8 Å². The Morgan fingerprint density at radius 1 is 1.00 bits per heavy atom. The second kappa shape index (κ2) is 8.50. The van der Waals surface area contributed by atoms with E-state index in [9.17, 15) is 18.4 Å². The highest BCUT2D eigenvalue weighted by molar-refractivity contribution is 5.92. The molecule has 0 spiro atoms. The van der Waals surface area contributed by atoms with Crippen LogP contribution in [0.5, 0.6) is 0 Å². The molecule has 0 radical (unpaired) electrons. The van der Waals surface area contributed by atoms with Crippen molar-refractivity contribution in [1.29, 1.82) is 0 Å². The molecule has 6 heteroatoms. The number of carbonyl (C=O) groups excluding carboxylic acids is 2. The zero-order valence-electron chi connectivity index (χ0n) is 16.0. The van der Waals surface area contributed by atoms with Gasteiger partial charge in [0.1, 0.15) is 11.6 Å². The zero-order valence-corrected chi connectivity index (χ0v) is 16.0. The van der Waals surface area contributed by atoms with E-state index in [4.69, 9.17) is 0 Å². The topological polar surface area (TPSA) is 49.4 Å². The average molecular weight is 386 g/mol. The lowest BCUT2D eigenvalue weighted by Gasteiger charge is -2.33. The van der Waals surface area contributed by atoms with Crippen molar-refractivity contribution in [1.82, 2.24) is 4.90 Å². The number of halogens is 2. The minimum Gasteiger partial charge on any atom is -0.343 e. The molecule has 28 heavy (non-hydrogen) atoms. The van der Waals surface area contributed by atoms with Crippen LogP contribution in [-0.2, 0) is 9.59 Å². The van der Waals surface area contributed by atoms with E-state index in [-0.39, 0.29) is 23.7 Å². The molecule has 0 saturated carbocycles. The van der Waals surface area contributed by atoms with Crippen LogP contribution >= 0.6 is 0 Å². The van der Waals surface area contributed by atoms with Gasteiger partial charge < -0.3 is 10.2 Å². The number of piperidine rings is 1. The Balaban J connectivity index is 1.60. The molecule has 1 aliphatic heterocycles. The maximum absolute atomic E-state index is 13.4. The predicted octanol–water partition coefficient (Wildman–Crippen LogP) is 4.46. The van der Waals surface area contributed by atoms with Crippen LogP contribution in [0.1, 0.15) is 26.7 Å². The monoisotopic (exact) mass is 386 g/mol. The number of nitrogens with one attached hydrogen (secondary N) is 1. The van der Waals surface area contributed by atoms with E-state index in [2.05, 4.69) is 5.32 Å². The summed E-state index contributed by atoms with van der Waals surface area (Å²) in [4.78, 5) is 25.8. The molecule has 1 aliphatic rings. The molecule has 1 unspecified atom stereocenters.